The van der Waals surface area contributed by atoms with Crippen molar-refractivity contribution in [2.75, 3.05) is 6.61 Å². The molecule has 0 unspecified atom stereocenters. The van der Waals surface area contributed by atoms with Crippen LogP contribution >= 0.6 is 0 Å². The first-order chi connectivity index (χ1) is 15.5. The topological polar surface area (TPSA) is 103 Å². The second kappa shape index (κ2) is 10.1. The molecule has 0 spiro atoms. The number of nitrogens with one attached hydrogen (secondary N) is 1. The SMILES string of the molecule is Cc1cn([C@@H]2O[C@H](COCc3ccccc3)[C@H](OCc3ccccc3)[C@H]2O)c(=O)[nH]c1=O. The highest BCUT2D eigenvalue weighted by molar-refractivity contribution is 5.14. The van der Waals surface area contributed by atoms with Crippen LogP contribution in [0.4, 0.5) is 0 Å². The number of nitrogens with zero attached hydrogens (tertiary/aromatic N) is 1. The van der Waals surface area contributed by atoms with E-state index in [4.69, 9.17) is 14.2 Å². The Hall–Kier alpha value is -3.04. The van der Waals surface area contributed by atoms with E-state index in [0.29, 0.717) is 12.2 Å². The summed E-state index contributed by atoms with van der Waals surface area (Å²) in [5.74, 6) is 0. The van der Waals surface area contributed by atoms with Gasteiger partial charge in [0.05, 0.1) is 19.8 Å². The van der Waals surface area contributed by atoms with E-state index >= 15 is 0 Å². The van der Waals surface area contributed by atoms with Gasteiger partial charge in [0.1, 0.15) is 18.3 Å². The van der Waals surface area contributed by atoms with Crippen LogP contribution in [-0.4, -0.2) is 39.6 Å². The lowest BCUT2D eigenvalue weighted by Gasteiger charge is -2.21. The molecular formula is C24H26N2O6. The number of H-pyrrole nitrogens is 1. The van der Waals surface area contributed by atoms with Crippen molar-refractivity contribution < 1.29 is 19.3 Å². The summed E-state index contributed by atoms with van der Waals surface area (Å²) in [6, 6.07) is 19.3. The van der Waals surface area contributed by atoms with E-state index in [1.165, 1.54) is 10.8 Å². The lowest BCUT2D eigenvalue weighted by molar-refractivity contribution is -0.0833. The fourth-order valence-electron chi connectivity index (χ4n) is 3.70. The molecule has 2 heterocycles. The van der Waals surface area contributed by atoms with Crippen LogP contribution < -0.4 is 11.2 Å². The minimum absolute atomic E-state index is 0.166. The van der Waals surface area contributed by atoms with Gasteiger partial charge in [0, 0.05) is 11.8 Å². The molecule has 2 N–H and O–H groups in total. The molecule has 0 bridgehead atoms. The molecule has 1 aromatic heterocycles. The van der Waals surface area contributed by atoms with Gasteiger partial charge in [0.25, 0.3) is 5.56 Å². The number of ether oxygens (including phenoxy) is 3. The standard InChI is InChI=1S/C24H26N2O6/c1-16-12-26(24(29)25-22(16)28)23-20(27)21(31-14-18-10-6-3-7-11-18)19(32-23)15-30-13-17-8-4-2-5-9-17/h2-12,19-21,23,27H,13-15H2,1H3,(H,25,28,29)/t19-,20-,21+,23-/m1/s1. The van der Waals surface area contributed by atoms with Crippen LogP contribution in [0, 0.1) is 6.92 Å². The van der Waals surface area contributed by atoms with E-state index in [2.05, 4.69) is 4.98 Å². The molecule has 1 aliphatic rings. The van der Waals surface area contributed by atoms with Crippen molar-refractivity contribution in [3.05, 3.63) is 104 Å². The van der Waals surface area contributed by atoms with Gasteiger partial charge in [-0.25, -0.2) is 4.79 Å². The van der Waals surface area contributed by atoms with Crippen LogP contribution in [0.25, 0.3) is 0 Å². The van der Waals surface area contributed by atoms with Gasteiger partial charge in [-0.2, -0.15) is 0 Å². The molecule has 8 nitrogen and oxygen atoms in total. The highest BCUT2D eigenvalue weighted by Gasteiger charge is 2.46. The summed E-state index contributed by atoms with van der Waals surface area (Å²) in [6.07, 6.45) is -2.09. The quantitative estimate of drug-likeness (QED) is 0.557. The van der Waals surface area contributed by atoms with Crippen molar-refractivity contribution in [1.29, 1.82) is 0 Å². The van der Waals surface area contributed by atoms with Crippen molar-refractivity contribution >= 4 is 0 Å². The Morgan fingerprint density at radius 1 is 1.00 bits per heavy atom. The molecule has 0 saturated carbocycles. The van der Waals surface area contributed by atoms with Crippen LogP contribution in [0.1, 0.15) is 22.9 Å². The molecule has 168 valence electrons. The summed E-state index contributed by atoms with van der Waals surface area (Å²) >= 11 is 0. The Bertz CT molecular complexity index is 1130. The first-order valence-corrected chi connectivity index (χ1v) is 10.5. The van der Waals surface area contributed by atoms with E-state index in [-0.39, 0.29) is 13.2 Å². The number of aliphatic hydroxyl groups is 1. The summed E-state index contributed by atoms with van der Waals surface area (Å²) in [4.78, 5) is 26.3. The minimum atomic E-state index is -1.13. The molecule has 0 radical (unpaired) electrons. The molecule has 4 rings (SSSR count). The largest absolute Gasteiger partial charge is 0.386 e. The Morgan fingerprint density at radius 3 is 2.28 bits per heavy atom. The van der Waals surface area contributed by atoms with Gasteiger partial charge in [-0.3, -0.25) is 14.3 Å². The summed E-state index contributed by atoms with van der Waals surface area (Å²) in [7, 11) is 0. The van der Waals surface area contributed by atoms with Gasteiger partial charge in [-0.15, -0.1) is 0 Å². The normalized spacial score (nSPS) is 22.8. The van der Waals surface area contributed by atoms with Gasteiger partial charge in [0.15, 0.2) is 6.23 Å². The average Bonchev–Trinajstić information content (AvgIpc) is 3.11. The fraction of sp³-hybridized carbons (Fsp3) is 0.333. The fourth-order valence-corrected chi connectivity index (χ4v) is 3.70. The molecule has 8 heteroatoms. The number of aromatic amines is 1. The smallest absolute Gasteiger partial charge is 0.330 e. The van der Waals surface area contributed by atoms with Gasteiger partial charge in [-0.05, 0) is 18.1 Å². The molecule has 0 amide bonds. The van der Waals surface area contributed by atoms with Gasteiger partial charge in [-0.1, -0.05) is 60.7 Å². The van der Waals surface area contributed by atoms with Crippen molar-refractivity contribution in [2.45, 2.75) is 44.7 Å². The van der Waals surface area contributed by atoms with Crippen LogP contribution in [0.5, 0.6) is 0 Å². The number of aliphatic hydroxyl groups excluding tert-OH is 1. The number of aryl methyl sites for hydroxylation is 1. The second-order valence-corrected chi connectivity index (χ2v) is 7.80. The maximum Gasteiger partial charge on any atom is 0.330 e. The number of hydrogen-bond donors (Lipinski definition) is 2. The zero-order valence-electron chi connectivity index (χ0n) is 17.7. The third-order valence-corrected chi connectivity index (χ3v) is 5.41. The molecule has 2 aromatic carbocycles. The summed E-state index contributed by atoms with van der Waals surface area (Å²) in [5, 5.41) is 11.0. The van der Waals surface area contributed by atoms with Crippen LogP contribution in [0.3, 0.4) is 0 Å². The van der Waals surface area contributed by atoms with Crippen molar-refractivity contribution in [3.63, 3.8) is 0 Å². The first-order valence-electron chi connectivity index (χ1n) is 10.5. The molecule has 1 saturated heterocycles. The van der Waals surface area contributed by atoms with Crippen molar-refractivity contribution in [2.24, 2.45) is 0 Å². The number of benzene rings is 2. The summed E-state index contributed by atoms with van der Waals surface area (Å²) in [5.41, 5.74) is 1.17. The van der Waals surface area contributed by atoms with Crippen molar-refractivity contribution in [3.8, 4) is 0 Å². The summed E-state index contributed by atoms with van der Waals surface area (Å²) < 4.78 is 19.1. The van der Waals surface area contributed by atoms with Crippen LogP contribution in [0.2, 0.25) is 0 Å². The predicted octanol–water partition coefficient (Wildman–Crippen LogP) is 1.91. The van der Waals surface area contributed by atoms with Crippen molar-refractivity contribution in [1.82, 2.24) is 9.55 Å². The average molecular weight is 438 g/mol. The third-order valence-electron chi connectivity index (χ3n) is 5.41. The molecule has 4 atom stereocenters. The van der Waals surface area contributed by atoms with E-state index in [0.717, 1.165) is 11.1 Å². The highest BCUT2D eigenvalue weighted by Crippen LogP contribution is 2.31. The molecule has 0 aliphatic carbocycles. The first kappa shape index (κ1) is 22.2. The zero-order chi connectivity index (χ0) is 22.5. The monoisotopic (exact) mass is 438 g/mol. The molecule has 1 aliphatic heterocycles. The van der Waals surface area contributed by atoms with Gasteiger partial charge >= 0.3 is 5.69 Å². The second-order valence-electron chi connectivity index (χ2n) is 7.80. The molecule has 1 fully saturated rings. The number of rotatable bonds is 8. The zero-order valence-corrected chi connectivity index (χ0v) is 17.7. The van der Waals surface area contributed by atoms with Crippen LogP contribution in [0.15, 0.2) is 76.4 Å². The van der Waals surface area contributed by atoms with E-state index in [1.54, 1.807) is 6.92 Å². The molecule has 32 heavy (non-hydrogen) atoms. The van der Waals surface area contributed by atoms with E-state index in [9.17, 15) is 14.7 Å². The summed E-state index contributed by atoms with van der Waals surface area (Å²) in [6.45, 7) is 2.40. The maximum atomic E-state index is 12.4. The number of aromatic nitrogens is 2. The Balaban J connectivity index is 1.51. The lowest BCUT2D eigenvalue weighted by Crippen LogP contribution is -2.39. The van der Waals surface area contributed by atoms with E-state index in [1.807, 2.05) is 60.7 Å². The predicted molar refractivity (Wildman–Crippen MR) is 117 cm³/mol. The Kier molecular flexibility index (Phi) is 6.96. The third kappa shape index (κ3) is 5.05. The van der Waals surface area contributed by atoms with Crippen LogP contribution in [-0.2, 0) is 27.4 Å². The molecular weight excluding hydrogens is 412 g/mol. The Morgan fingerprint density at radius 2 is 1.62 bits per heavy atom. The molecule has 3 aromatic rings. The van der Waals surface area contributed by atoms with Gasteiger partial charge in [0.2, 0.25) is 0 Å². The lowest BCUT2D eigenvalue weighted by atomic mass is 10.1. The van der Waals surface area contributed by atoms with Gasteiger partial charge < -0.3 is 19.3 Å². The highest BCUT2D eigenvalue weighted by atomic mass is 16.6. The minimum Gasteiger partial charge on any atom is -0.386 e. The Labute approximate surface area is 185 Å². The maximum absolute atomic E-state index is 12.4. The van der Waals surface area contributed by atoms with E-state index < -0.39 is 35.8 Å². The number of hydrogen-bond acceptors (Lipinski definition) is 6.